The highest BCUT2D eigenvalue weighted by molar-refractivity contribution is 5.28. The average Bonchev–Trinajstić information content (AvgIpc) is 2.18. The summed E-state index contributed by atoms with van der Waals surface area (Å²) in [6.07, 6.45) is 2.55. The Hall–Kier alpha value is -1.36. The second-order valence-corrected chi connectivity index (χ2v) is 3.05. The van der Waals surface area contributed by atoms with E-state index in [1.807, 2.05) is 6.92 Å². The first-order valence-corrected chi connectivity index (χ1v) is 4.60. The molecule has 0 aromatic carbocycles. The summed E-state index contributed by atoms with van der Waals surface area (Å²) in [7, 11) is 1.58. The maximum absolute atomic E-state index is 5.43. The minimum absolute atomic E-state index is 0.270. The van der Waals surface area contributed by atoms with Gasteiger partial charge in [-0.3, -0.25) is 0 Å². The van der Waals surface area contributed by atoms with E-state index >= 15 is 0 Å². The fourth-order valence-electron chi connectivity index (χ4n) is 1.07. The van der Waals surface area contributed by atoms with E-state index in [-0.39, 0.29) is 6.04 Å². The van der Waals surface area contributed by atoms with Crippen LogP contribution in [-0.4, -0.2) is 29.7 Å². The molecule has 0 aliphatic rings. The lowest BCUT2D eigenvalue weighted by atomic mass is 10.2. The molecule has 0 bridgehead atoms. The molecule has 14 heavy (non-hydrogen) atoms. The Morgan fingerprint density at radius 2 is 2.43 bits per heavy atom. The van der Waals surface area contributed by atoms with Crippen molar-refractivity contribution >= 4 is 5.95 Å². The lowest BCUT2D eigenvalue weighted by Gasteiger charge is -2.12. The summed E-state index contributed by atoms with van der Waals surface area (Å²) in [6.45, 7) is 2.69. The Morgan fingerprint density at radius 3 is 3.07 bits per heavy atom. The van der Waals surface area contributed by atoms with Crippen LogP contribution in [0.2, 0.25) is 0 Å². The smallest absolute Gasteiger partial charge is 0.226 e. The number of methoxy groups -OCH3 is 1. The average molecular weight is 196 g/mol. The van der Waals surface area contributed by atoms with Crippen LogP contribution in [-0.2, 0) is 0 Å². The highest BCUT2D eigenvalue weighted by Crippen LogP contribution is 2.08. The van der Waals surface area contributed by atoms with Gasteiger partial charge in [0.25, 0.3) is 0 Å². The minimum Gasteiger partial charge on any atom is -0.481 e. The van der Waals surface area contributed by atoms with Crippen molar-refractivity contribution in [2.45, 2.75) is 19.4 Å². The lowest BCUT2D eigenvalue weighted by Crippen LogP contribution is -2.20. The number of ether oxygens (including phenoxy) is 1. The van der Waals surface area contributed by atoms with Gasteiger partial charge >= 0.3 is 0 Å². The van der Waals surface area contributed by atoms with Crippen LogP contribution in [0, 0.1) is 0 Å². The molecule has 1 unspecified atom stereocenters. The Kier molecular flexibility index (Phi) is 4.12. The number of rotatable bonds is 5. The largest absolute Gasteiger partial charge is 0.481 e. The Bertz CT molecular complexity index is 279. The van der Waals surface area contributed by atoms with Crippen molar-refractivity contribution < 1.29 is 4.74 Å². The van der Waals surface area contributed by atoms with Gasteiger partial charge in [0.2, 0.25) is 11.8 Å². The molecule has 0 saturated carbocycles. The zero-order valence-corrected chi connectivity index (χ0v) is 8.53. The van der Waals surface area contributed by atoms with Crippen LogP contribution in [0.5, 0.6) is 5.88 Å². The quantitative estimate of drug-likeness (QED) is 0.722. The Balaban J connectivity index is 2.57. The van der Waals surface area contributed by atoms with Gasteiger partial charge in [-0.15, -0.1) is 0 Å². The van der Waals surface area contributed by atoms with Crippen molar-refractivity contribution in [1.82, 2.24) is 9.97 Å². The third-order valence-electron chi connectivity index (χ3n) is 1.81. The molecular weight excluding hydrogens is 180 g/mol. The zero-order valence-electron chi connectivity index (χ0n) is 8.53. The minimum atomic E-state index is 0.270. The molecule has 1 rings (SSSR count). The summed E-state index contributed by atoms with van der Waals surface area (Å²) in [5, 5.41) is 3.14. The highest BCUT2D eigenvalue weighted by Gasteiger charge is 2.03. The summed E-state index contributed by atoms with van der Waals surface area (Å²) in [5.41, 5.74) is 5.43. The van der Waals surface area contributed by atoms with Gasteiger partial charge in [0, 0.05) is 18.3 Å². The molecular formula is C9H16N4O. The SMILES string of the molecule is COc1ccnc(NC(C)CCN)n1. The molecule has 5 heteroatoms. The van der Waals surface area contributed by atoms with Gasteiger partial charge in [-0.2, -0.15) is 4.98 Å². The van der Waals surface area contributed by atoms with E-state index in [9.17, 15) is 0 Å². The van der Waals surface area contributed by atoms with Crippen LogP contribution in [0.1, 0.15) is 13.3 Å². The van der Waals surface area contributed by atoms with Crippen molar-refractivity contribution in [2.75, 3.05) is 19.0 Å². The van der Waals surface area contributed by atoms with Crippen molar-refractivity contribution in [3.05, 3.63) is 12.3 Å². The molecule has 3 N–H and O–H groups in total. The van der Waals surface area contributed by atoms with Gasteiger partial charge in [-0.05, 0) is 19.9 Å². The molecule has 0 fully saturated rings. The summed E-state index contributed by atoms with van der Waals surface area (Å²) in [5.74, 6) is 1.13. The van der Waals surface area contributed by atoms with Crippen LogP contribution in [0.15, 0.2) is 12.3 Å². The number of anilines is 1. The van der Waals surface area contributed by atoms with Gasteiger partial charge in [0.1, 0.15) is 0 Å². The molecule has 1 aromatic heterocycles. The summed E-state index contributed by atoms with van der Waals surface area (Å²) in [4.78, 5) is 8.19. The van der Waals surface area contributed by atoms with Gasteiger partial charge < -0.3 is 15.8 Å². The molecule has 78 valence electrons. The van der Waals surface area contributed by atoms with E-state index in [1.165, 1.54) is 0 Å². The third-order valence-corrected chi connectivity index (χ3v) is 1.81. The fraction of sp³-hybridized carbons (Fsp3) is 0.556. The highest BCUT2D eigenvalue weighted by atomic mass is 16.5. The monoisotopic (exact) mass is 196 g/mol. The fourth-order valence-corrected chi connectivity index (χ4v) is 1.07. The van der Waals surface area contributed by atoms with Crippen molar-refractivity contribution in [3.63, 3.8) is 0 Å². The molecule has 0 saturated heterocycles. The predicted octanol–water partition coefficient (Wildman–Crippen LogP) is 0.634. The van der Waals surface area contributed by atoms with Crippen LogP contribution < -0.4 is 15.8 Å². The first-order valence-electron chi connectivity index (χ1n) is 4.60. The van der Waals surface area contributed by atoms with Crippen LogP contribution in [0.4, 0.5) is 5.95 Å². The van der Waals surface area contributed by atoms with Gasteiger partial charge in [-0.1, -0.05) is 0 Å². The molecule has 1 aromatic rings. The first-order chi connectivity index (χ1) is 6.76. The summed E-state index contributed by atoms with van der Waals surface area (Å²) < 4.78 is 4.98. The second-order valence-electron chi connectivity index (χ2n) is 3.05. The number of nitrogens with one attached hydrogen (secondary N) is 1. The topological polar surface area (TPSA) is 73.1 Å². The standard InChI is InChI=1S/C9H16N4O/c1-7(3-5-10)12-9-11-6-4-8(13-9)14-2/h4,6-7H,3,5,10H2,1-2H3,(H,11,12,13). The second kappa shape index (κ2) is 5.39. The van der Waals surface area contributed by atoms with E-state index in [0.29, 0.717) is 18.4 Å². The Morgan fingerprint density at radius 1 is 1.64 bits per heavy atom. The van der Waals surface area contributed by atoms with Crippen LogP contribution in [0.25, 0.3) is 0 Å². The number of hydrogen-bond donors (Lipinski definition) is 2. The predicted molar refractivity (Wildman–Crippen MR) is 55.3 cm³/mol. The normalized spacial score (nSPS) is 12.2. The molecule has 1 heterocycles. The van der Waals surface area contributed by atoms with E-state index in [0.717, 1.165) is 6.42 Å². The van der Waals surface area contributed by atoms with Gasteiger partial charge in [-0.25, -0.2) is 4.98 Å². The van der Waals surface area contributed by atoms with Crippen molar-refractivity contribution in [3.8, 4) is 5.88 Å². The zero-order chi connectivity index (χ0) is 10.4. The molecule has 1 atom stereocenters. The van der Waals surface area contributed by atoms with Crippen molar-refractivity contribution in [2.24, 2.45) is 5.73 Å². The van der Waals surface area contributed by atoms with E-state index in [2.05, 4.69) is 15.3 Å². The number of hydrogen-bond acceptors (Lipinski definition) is 5. The molecule has 0 aliphatic heterocycles. The Labute approximate surface area is 83.7 Å². The molecule has 0 amide bonds. The third kappa shape index (κ3) is 3.18. The number of aromatic nitrogens is 2. The van der Waals surface area contributed by atoms with Gasteiger partial charge in [0.15, 0.2) is 0 Å². The van der Waals surface area contributed by atoms with Crippen molar-refractivity contribution in [1.29, 1.82) is 0 Å². The van der Waals surface area contributed by atoms with Gasteiger partial charge in [0.05, 0.1) is 7.11 Å². The molecule has 0 spiro atoms. The molecule has 0 aliphatic carbocycles. The van der Waals surface area contributed by atoms with Crippen LogP contribution in [0.3, 0.4) is 0 Å². The maximum atomic E-state index is 5.43. The summed E-state index contributed by atoms with van der Waals surface area (Å²) in [6, 6.07) is 1.98. The maximum Gasteiger partial charge on any atom is 0.226 e. The van der Waals surface area contributed by atoms with E-state index in [1.54, 1.807) is 19.4 Å². The molecule has 0 radical (unpaired) electrons. The van der Waals surface area contributed by atoms with E-state index < -0.39 is 0 Å². The van der Waals surface area contributed by atoms with Crippen LogP contribution >= 0.6 is 0 Å². The van der Waals surface area contributed by atoms with E-state index in [4.69, 9.17) is 10.5 Å². The lowest BCUT2D eigenvalue weighted by molar-refractivity contribution is 0.397. The summed E-state index contributed by atoms with van der Waals surface area (Å²) >= 11 is 0. The first kappa shape index (κ1) is 10.7. The number of nitrogens with zero attached hydrogens (tertiary/aromatic N) is 2. The molecule has 5 nitrogen and oxygen atoms in total. The number of nitrogens with two attached hydrogens (primary N) is 1.